The van der Waals surface area contributed by atoms with Gasteiger partial charge >= 0.3 is 0 Å². The number of benzene rings is 2. The summed E-state index contributed by atoms with van der Waals surface area (Å²) in [6.07, 6.45) is 1.55. The van der Waals surface area contributed by atoms with Gasteiger partial charge in [-0.25, -0.2) is 12.7 Å². The third-order valence-electron chi connectivity index (χ3n) is 5.34. The van der Waals surface area contributed by atoms with Crippen LogP contribution in [-0.2, 0) is 23.0 Å². The molecule has 0 fully saturated rings. The molecule has 176 valence electrons. The number of nitrogens with one attached hydrogen (secondary N) is 1. The van der Waals surface area contributed by atoms with Crippen molar-refractivity contribution in [1.82, 2.24) is 9.62 Å². The highest BCUT2D eigenvalue weighted by molar-refractivity contribution is 7.91. The summed E-state index contributed by atoms with van der Waals surface area (Å²) in [4.78, 5) is 13.2. The molecule has 0 spiro atoms. The Bertz CT molecular complexity index is 1160. The maximum absolute atomic E-state index is 12.9. The number of aryl methyl sites for hydroxylation is 2. The summed E-state index contributed by atoms with van der Waals surface area (Å²) in [6, 6.07) is 18.6. The average Bonchev–Trinajstić information content (AvgIpc) is 3.29. The minimum Gasteiger partial charge on any atom is -0.313 e. The Balaban J connectivity index is 1.44. The fourth-order valence-corrected chi connectivity index (χ4v) is 6.19. The second kappa shape index (κ2) is 11.9. The molecule has 0 aliphatic carbocycles. The van der Waals surface area contributed by atoms with Crippen LogP contribution in [0.25, 0.3) is 0 Å². The van der Waals surface area contributed by atoms with Crippen molar-refractivity contribution < 1.29 is 13.2 Å². The highest BCUT2D eigenvalue weighted by atomic mass is 35.5. The monoisotopic (exact) mass is 504 g/mol. The molecule has 8 heteroatoms. The molecule has 5 nitrogen and oxygen atoms in total. The number of Topliss-reactive ketones (excluding diaryl/α,β-unsaturated/α-hetero) is 1. The number of ketones is 1. The number of halogens is 1. The van der Waals surface area contributed by atoms with Crippen LogP contribution in [0, 0.1) is 6.92 Å². The van der Waals surface area contributed by atoms with Gasteiger partial charge in [-0.1, -0.05) is 41.4 Å². The van der Waals surface area contributed by atoms with Crippen LogP contribution in [0.2, 0.25) is 5.02 Å². The highest BCUT2D eigenvalue weighted by Crippen LogP contribution is 2.26. The lowest BCUT2D eigenvalue weighted by Gasteiger charge is -2.16. The Labute approximate surface area is 205 Å². The van der Waals surface area contributed by atoms with Crippen LogP contribution in [0.5, 0.6) is 0 Å². The summed E-state index contributed by atoms with van der Waals surface area (Å²) >= 11 is 7.10. The molecule has 0 saturated heterocycles. The fourth-order valence-electron chi connectivity index (χ4n) is 3.29. The third kappa shape index (κ3) is 7.48. The van der Waals surface area contributed by atoms with E-state index in [9.17, 15) is 13.2 Å². The smallest absolute Gasteiger partial charge is 0.252 e. The van der Waals surface area contributed by atoms with Gasteiger partial charge in [0.05, 0.1) is 0 Å². The zero-order valence-corrected chi connectivity index (χ0v) is 21.3. The number of hydrogen-bond donors (Lipinski definition) is 1. The van der Waals surface area contributed by atoms with Crippen molar-refractivity contribution in [3.8, 4) is 0 Å². The largest absolute Gasteiger partial charge is 0.313 e. The van der Waals surface area contributed by atoms with E-state index in [-0.39, 0.29) is 5.78 Å². The molecule has 0 radical (unpaired) electrons. The molecule has 0 bridgehead atoms. The van der Waals surface area contributed by atoms with Crippen LogP contribution in [0.3, 0.4) is 0 Å². The lowest BCUT2D eigenvalue weighted by Crippen LogP contribution is -2.29. The van der Waals surface area contributed by atoms with Gasteiger partial charge in [-0.15, -0.1) is 11.3 Å². The Kier molecular flexibility index (Phi) is 9.23. The summed E-state index contributed by atoms with van der Waals surface area (Å²) in [7, 11) is -1.92. The van der Waals surface area contributed by atoms with E-state index < -0.39 is 10.0 Å². The molecular formula is C25H29ClN2O3S2. The summed E-state index contributed by atoms with van der Waals surface area (Å²) < 4.78 is 27.5. The van der Waals surface area contributed by atoms with Crippen LogP contribution < -0.4 is 5.32 Å². The number of sulfonamides is 1. The second-order valence-corrected chi connectivity index (χ2v) is 11.9. The van der Waals surface area contributed by atoms with Crippen molar-refractivity contribution in [2.45, 2.75) is 36.9 Å². The van der Waals surface area contributed by atoms with Crippen molar-refractivity contribution in [2.24, 2.45) is 0 Å². The number of hydrogen-bond acceptors (Lipinski definition) is 5. The summed E-state index contributed by atoms with van der Waals surface area (Å²) in [5, 5.41) is 3.95. The van der Waals surface area contributed by atoms with Crippen molar-refractivity contribution in [2.75, 3.05) is 20.1 Å². The quantitative estimate of drug-likeness (QED) is 0.267. The zero-order chi connectivity index (χ0) is 23.8. The van der Waals surface area contributed by atoms with E-state index in [1.165, 1.54) is 26.8 Å². The number of nitrogens with zero attached hydrogens (tertiary/aromatic N) is 1. The van der Waals surface area contributed by atoms with Gasteiger partial charge in [-0.3, -0.25) is 4.79 Å². The number of carbonyl (C=O) groups is 1. The molecule has 3 aromatic rings. The van der Waals surface area contributed by atoms with Gasteiger partial charge < -0.3 is 5.32 Å². The van der Waals surface area contributed by atoms with E-state index in [2.05, 4.69) is 36.5 Å². The van der Waals surface area contributed by atoms with Crippen LogP contribution in [0.15, 0.2) is 64.9 Å². The van der Waals surface area contributed by atoms with Crippen LogP contribution in [0.1, 0.15) is 39.2 Å². The Morgan fingerprint density at radius 3 is 2.42 bits per heavy atom. The molecule has 0 unspecified atom stereocenters. The van der Waals surface area contributed by atoms with Crippen molar-refractivity contribution in [3.05, 3.63) is 87.3 Å². The fraction of sp³-hybridized carbons (Fsp3) is 0.320. The van der Waals surface area contributed by atoms with E-state index >= 15 is 0 Å². The lowest BCUT2D eigenvalue weighted by molar-refractivity contribution is 0.0983. The van der Waals surface area contributed by atoms with E-state index in [4.69, 9.17) is 11.6 Å². The topological polar surface area (TPSA) is 66.5 Å². The second-order valence-electron chi connectivity index (χ2n) is 7.99. The van der Waals surface area contributed by atoms with Crippen molar-refractivity contribution >= 4 is 38.7 Å². The van der Waals surface area contributed by atoms with Gasteiger partial charge in [0.2, 0.25) is 0 Å². The summed E-state index contributed by atoms with van der Waals surface area (Å²) in [5.74, 6) is 0.0136. The molecule has 1 heterocycles. The molecule has 2 aromatic carbocycles. The maximum Gasteiger partial charge on any atom is 0.252 e. The third-order valence-corrected chi connectivity index (χ3v) is 9.06. The van der Waals surface area contributed by atoms with Crippen molar-refractivity contribution in [1.29, 1.82) is 0 Å². The average molecular weight is 505 g/mol. The molecule has 1 N–H and O–H groups in total. The number of thiophene rings is 1. The maximum atomic E-state index is 12.9. The van der Waals surface area contributed by atoms with Gasteiger partial charge in [0.1, 0.15) is 4.21 Å². The minimum absolute atomic E-state index is 0.0136. The standard InChI is InChI=1S/C25H29ClN2O3S2/c1-19-4-6-20(7-5-19)18-27-16-3-17-28(2)33(30,31)25-15-13-23(32-25)12-14-24(29)21-8-10-22(26)11-9-21/h4-11,13,15,27H,3,12,14,16-18H2,1-2H3. The number of rotatable bonds is 12. The van der Waals surface area contributed by atoms with E-state index in [0.717, 1.165) is 24.4 Å². The van der Waals surface area contributed by atoms with E-state index in [1.807, 2.05) is 0 Å². The Hall–Kier alpha value is -2.03. The normalized spacial score (nSPS) is 11.8. The first-order chi connectivity index (χ1) is 15.8. The van der Waals surface area contributed by atoms with Gasteiger partial charge in [-0.05, 0) is 68.3 Å². The molecular weight excluding hydrogens is 476 g/mol. The molecule has 0 aliphatic heterocycles. The predicted molar refractivity (Wildman–Crippen MR) is 136 cm³/mol. The van der Waals surface area contributed by atoms with Crippen LogP contribution in [-0.4, -0.2) is 38.6 Å². The number of carbonyl (C=O) groups excluding carboxylic acids is 1. The highest BCUT2D eigenvalue weighted by Gasteiger charge is 2.22. The van der Waals surface area contributed by atoms with Crippen LogP contribution >= 0.6 is 22.9 Å². The minimum atomic E-state index is -3.53. The molecule has 1 aromatic heterocycles. The lowest BCUT2D eigenvalue weighted by atomic mass is 10.1. The van der Waals surface area contributed by atoms with Gasteiger partial charge in [0.15, 0.2) is 5.78 Å². The Morgan fingerprint density at radius 1 is 1.03 bits per heavy atom. The SMILES string of the molecule is Cc1ccc(CNCCCN(C)S(=O)(=O)c2ccc(CCC(=O)c3ccc(Cl)cc3)s2)cc1. The van der Waals surface area contributed by atoms with Crippen LogP contribution in [0.4, 0.5) is 0 Å². The molecule has 33 heavy (non-hydrogen) atoms. The van der Waals surface area contributed by atoms with Gasteiger partial charge in [0.25, 0.3) is 10.0 Å². The van der Waals surface area contributed by atoms with Gasteiger partial charge in [-0.2, -0.15) is 0 Å². The molecule has 0 saturated carbocycles. The first kappa shape index (κ1) is 25.6. The van der Waals surface area contributed by atoms with E-state index in [0.29, 0.717) is 34.2 Å². The summed E-state index contributed by atoms with van der Waals surface area (Å²) in [5.41, 5.74) is 3.05. The predicted octanol–water partition coefficient (Wildman–Crippen LogP) is 5.33. The zero-order valence-electron chi connectivity index (χ0n) is 18.9. The van der Waals surface area contributed by atoms with E-state index in [1.54, 1.807) is 43.4 Å². The molecule has 0 amide bonds. The first-order valence-corrected chi connectivity index (χ1v) is 13.5. The van der Waals surface area contributed by atoms with Gasteiger partial charge in [0, 0.05) is 42.0 Å². The first-order valence-electron chi connectivity index (χ1n) is 10.9. The van der Waals surface area contributed by atoms with Crippen molar-refractivity contribution in [3.63, 3.8) is 0 Å². The molecule has 0 aliphatic rings. The Morgan fingerprint density at radius 2 is 1.73 bits per heavy atom. The molecule has 3 rings (SSSR count). The summed E-state index contributed by atoms with van der Waals surface area (Å²) in [6.45, 7) is 3.99. The molecule has 0 atom stereocenters.